The Hall–Kier alpha value is -2.11. The highest BCUT2D eigenvalue weighted by Crippen LogP contribution is 2.28. The number of halogens is 3. The number of alkyl halides is 3. The van der Waals surface area contributed by atoms with Crippen LogP contribution in [0.15, 0.2) is 36.7 Å². The number of hydrogen-bond acceptors (Lipinski definition) is 3. The highest BCUT2D eigenvalue weighted by Gasteiger charge is 2.32. The summed E-state index contributed by atoms with van der Waals surface area (Å²) in [6, 6.07) is 7.19. The molecule has 94 valence electrons. The van der Waals surface area contributed by atoms with E-state index in [9.17, 15) is 13.2 Å². The lowest BCUT2D eigenvalue weighted by Crippen LogP contribution is -2.08. The second-order valence-electron chi connectivity index (χ2n) is 3.62. The number of rotatable bonds is 2. The van der Waals surface area contributed by atoms with E-state index in [0.29, 0.717) is 11.3 Å². The van der Waals surface area contributed by atoms with Crippen LogP contribution in [0.3, 0.4) is 0 Å². The van der Waals surface area contributed by atoms with E-state index >= 15 is 0 Å². The van der Waals surface area contributed by atoms with Crippen molar-refractivity contribution < 1.29 is 13.2 Å². The molecule has 2 aromatic rings. The van der Waals surface area contributed by atoms with Crippen LogP contribution in [0.1, 0.15) is 5.69 Å². The molecular formula is C12H10F3N3. The Bertz CT molecular complexity index is 535. The largest absolute Gasteiger partial charge is 0.434 e. The van der Waals surface area contributed by atoms with Gasteiger partial charge in [-0.25, -0.2) is 4.98 Å². The molecule has 6 heteroatoms. The third-order valence-electron chi connectivity index (χ3n) is 2.39. The average molecular weight is 253 g/mol. The van der Waals surface area contributed by atoms with Gasteiger partial charge in [-0.2, -0.15) is 13.2 Å². The summed E-state index contributed by atoms with van der Waals surface area (Å²) in [7, 11) is 1.76. The second kappa shape index (κ2) is 4.64. The van der Waals surface area contributed by atoms with Crippen LogP contribution in [0.4, 0.5) is 18.9 Å². The lowest BCUT2D eigenvalue weighted by Gasteiger charge is -2.07. The Labute approximate surface area is 102 Å². The molecule has 3 nitrogen and oxygen atoms in total. The maximum atomic E-state index is 12.3. The quantitative estimate of drug-likeness (QED) is 0.893. The first kappa shape index (κ1) is 12.3. The van der Waals surface area contributed by atoms with Gasteiger partial charge in [0.2, 0.25) is 0 Å². The van der Waals surface area contributed by atoms with E-state index in [4.69, 9.17) is 0 Å². The Morgan fingerprint density at radius 3 is 2.44 bits per heavy atom. The number of benzene rings is 1. The van der Waals surface area contributed by atoms with Crippen LogP contribution >= 0.6 is 0 Å². The topological polar surface area (TPSA) is 37.8 Å². The number of anilines is 1. The number of nitrogens with zero attached hydrogens (tertiary/aromatic N) is 2. The molecule has 0 radical (unpaired) electrons. The Morgan fingerprint density at radius 2 is 1.89 bits per heavy atom. The zero-order valence-electron chi connectivity index (χ0n) is 9.49. The van der Waals surface area contributed by atoms with Crippen LogP contribution in [0.2, 0.25) is 0 Å². The normalized spacial score (nSPS) is 11.3. The van der Waals surface area contributed by atoms with Gasteiger partial charge in [-0.15, -0.1) is 0 Å². The van der Waals surface area contributed by atoms with Crippen LogP contribution in [-0.2, 0) is 6.18 Å². The molecule has 0 saturated carbocycles. The van der Waals surface area contributed by atoms with Crippen molar-refractivity contribution in [1.82, 2.24) is 9.97 Å². The van der Waals surface area contributed by atoms with Crippen LogP contribution in [-0.4, -0.2) is 17.0 Å². The van der Waals surface area contributed by atoms with Crippen molar-refractivity contribution in [2.45, 2.75) is 6.18 Å². The predicted molar refractivity (Wildman–Crippen MR) is 62.0 cm³/mol. The lowest BCUT2D eigenvalue weighted by molar-refractivity contribution is -0.141. The first-order valence-corrected chi connectivity index (χ1v) is 5.18. The van der Waals surface area contributed by atoms with Crippen molar-refractivity contribution in [2.24, 2.45) is 0 Å². The Morgan fingerprint density at radius 1 is 1.11 bits per heavy atom. The molecule has 0 saturated heterocycles. The maximum absolute atomic E-state index is 12.3. The van der Waals surface area contributed by atoms with E-state index in [1.807, 2.05) is 6.07 Å². The lowest BCUT2D eigenvalue weighted by atomic mass is 10.1. The fraction of sp³-hybridized carbons (Fsp3) is 0.167. The molecule has 0 aliphatic heterocycles. The van der Waals surface area contributed by atoms with E-state index in [-0.39, 0.29) is 0 Å². The molecule has 0 fully saturated rings. The molecule has 1 heterocycles. The number of aromatic nitrogens is 2. The van der Waals surface area contributed by atoms with Gasteiger partial charge in [-0.05, 0) is 12.1 Å². The molecule has 0 spiro atoms. The first-order valence-electron chi connectivity index (χ1n) is 5.18. The van der Waals surface area contributed by atoms with Crippen molar-refractivity contribution >= 4 is 5.69 Å². The van der Waals surface area contributed by atoms with Crippen LogP contribution in [0.5, 0.6) is 0 Å². The molecule has 2 rings (SSSR count). The number of hydrogen-bond donors (Lipinski definition) is 1. The molecule has 0 bridgehead atoms. The van der Waals surface area contributed by atoms with Gasteiger partial charge in [-0.3, -0.25) is 4.98 Å². The summed E-state index contributed by atoms with van der Waals surface area (Å²) in [5, 5.41) is 2.94. The van der Waals surface area contributed by atoms with Crippen LogP contribution in [0, 0.1) is 0 Å². The maximum Gasteiger partial charge on any atom is 0.434 e. The molecule has 1 aromatic heterocycles. The van der Waals surface area contributed by atoms with E-state index in [0.717, 1.165) is 18.1 Å². The van der Waals surface area contributed by atoms with Crippen LogP contribution in [0.25, 0.3) is 11.3 Å². The van der Waals surface area contributed by atoms with Crippen molar-refractivity contribution in [1.29, 1.82) is 0 Å². The molecule has 0 aliphatic carbocycles. The van der Waals surface area contributed by atoms with Crippen molar-refractivity contribution in [3.05, 3.63) is 42.4 Å². The average Bonchev–Trinajstić information content (AvgIpc) is 2.38. The summed E-state index contributed by atoms with van der Waals surface area (Å²) in [6.45, 7) is 0. The minimum atomic E-state index is -4.46. The highest BCUT2D eigenvalue weighted by atomic mass is 19.4. The molecule has 0 amide bonds. The number of nitrogens with one attached hydrogen (secondary N) is 1. The monoisotopic (exact) mass is 253 g/mol. The molecular weight excluding hydrogens is 243 g/mol. The molecule has 0 atom stereocenters. The van der Waals surface area contributed by atoms with E-state index in [1.165, 1.54) is 0 Å². The summed E-state index contributed by atoms with van der Waals surface area (Å²) in [5.74, 6) is 0. The fourth-order valence-electron chi connectivity index (χ4n) is 1.46. The van der Waals surface area contributed by atoms with Gasteiger partial charge < -0.3 is 5.32 Å². The van der Waals surface area contributed by atoms with Gasteiger partial charge in [0.25, 0.3) is 0 Å². The highest BCUT2D eigenvalue weighted by molar-refractivity contribution is 5.64. The van der Waals surface area contributed by atoms with Crippen molar-refractivity contribution in [2.75, 3.05) is 12.4 Å². The summed E-state index contributed by atoms with van der Waals surface area (Å²) in [5.41, 5.74) is 0.980. The third kappa shape index (κ3) is 2.58. The molecule has 1 N–H and O–H groups in total. The summed E-state index contributed by atoms with van der Waals surface area (Å²) in [4.78, 5) is 7.15. The Balaban J connectivity index is 2.34. The van der Waals surface area contributed by atoms with Crippen molar-refractivity contribution in [3.63, 3.8) is 0 Å². The summed E-state index contributed by atoms with van der Waals surface area (Å²) >= 11 is 0. The minimum absolute atomic E-state index is 0.403. The van der Waals surface area contributed by atoms with E-state index in [2.05, 4.69) is 15.3 Å². The summed E-state index contributed by atoms with van der Waals surface area (Å²) < 4.78 is 37.0. The smallest absolute Gasteiger partial charge is 0.388 e. The van der Waals surface area contributed by atoms with Gasteiger partial charge in [-0.1, -0.05) is 12.1 Å². The first-order chi connectivity index (χ1) is 8.50. The van der Waals surface area contributed by atoms with Gasteiger partial charge in [0.15, 0.2) is 5.69 Å². The van der Waals surface area contributed by atoms with Gasteiger partial charge in [0.1, 0.15) is 0 Å². The zero-order valence-corrected chi connectivity index (χ0v) is 9.49. The molecule has 1 aromatic carbocycles. The molecule has 0 aliphatic rings. The minimum Gasteiger partial charge on any atom is -0.388 e. The second-order valence-corrected chi connectivity index (χ2v) is 3.62. The Kier molecular flexibility index (Phi) is 3.18. The standard InChI is InChI=1S/C12H10F3N3/c1-16-9-4-2-3-8(5-9)10-6-18-11(7-17-10)12(13,14)15/h2-7,16H,1H3. The van der Waals surface area contributed by atoms with Gasteiger partial charge >= 0.3 is 6.18 Å². The predicted octanol–water partition coefficient (Wildman–Crippen LogP) is 3.20. The molecule has 0 unspecified atom stereocenters. The van der Waals surface area contributed by atoms with E-state index in [1.54, 1.807) is 25.2 Å². The van der Waals surface area contributed by atoms with Gasteiger partial charge in [0.05, 0.1) is 18.1 Å². The third-order valence-corrected chi connectivity index (χ3v) is 2.39. The van der Waals surface area contributed by atoms with Gasteiger partial charge in [0, 0.05) is 18.3 Å². The van der Waals surface area contributed by atoms with Crippen molar-refractivity contribution in [3.8, 4) is 11.3 Å². The zero-order chi connectivity index (χ0) is 13.2. The molecule has 18 heavy (non-hydrogen) atoms. The van der Waals surface area contributed by atoms with Crippen LogP contribution < -0.4 is 5.32 Å². The SMILES string of the molecule is CNc1cccc(-c2cnc(C(F)(F)F)cn2)c1. The van der Waals surface area contributed by atoms with E-state index < -0.39 is 11.9 Å². The fourth-order valence-corrected chi connectivity index (χ4v) is 1.46. The summed E-state index contributed by atoms with van der Waals surface area (Å²) in [6.07, 6.45) is -2.60.